The van der Waals surface area contributed by atoms with Crippen LogP contribution < -0.4 is 14.8 Å². The van der Waals surface area contributed by atoms with Crippen LogP contribution >= 0.6 is 0 Å². The van der Waals surface area contributed by atoms with Gasteiger partial charge in [0.1, 0.15) is 11.5 Å². The van der Waals surface area contributed by atoms with Crippen molar-refractivity contribution >= 4 is 16.7 Å². The molecule has 0 unspecified atom stereocenters. The van der Waals surface area contributed by atoms with Crippen LogP contribution in [0.1, 0.15) is 18.9 Å². The number of methoxy groups -OCH3 is 1. The predicted molar refractivity (Wildman–Crippen MR) is 108 cm³/mol. The Hall–Kier alpha value is -3.01. The summed E-state index contributed by atoms with van der Waals surface area (Å²) in [6, 6.07) is 22.0. The number of benzene rings is 3. The molecule has 4 nitrogen and oxygen atoms in total. The van der Waals surface area contributed by atoms with E-state index in [0.717, 1.165) is 29.4 Å². The van der Waals surface area contributed by atoms with Gasteiger partial charge in [0.2, 0.25) is 0 Å². The quantitative estimate of drug-likeness (QED) is 0.647. The van der Waals surface area contributed by atoms with E-state index >= 15 is 0 Å². The molecular weight excluding hydrogens is 338 g/mol. The van der Waals surface area contributed by atoms with E-state index in [-0.39, 0.29) is 18.6 Å². The van der Waals surface area contributed by atoms with E-state index in [1.165, 1.54) is 5.56 Å². The molecule has 1 N–H and O–H groups in total. The number of fused-ring (bicyclic) bond motifs is 1. The van der Waals surface area contributed by atoms with Crippen LogP contribution in [0.2, 0.25) is 0 Å². The summed E-state index contributed by atoms with van der Waals surface area (Å²) in [7, 11) is 1.64. The summed E-state index contributed by atoms with van der Waals surface area (Å²) in [6.07, 6.45) is 1.83. The van der Waals surface area contributed by atoms with E-state index < -0.39 is 0 Å². The number of hydrogen-bond donors (Lipinski definition) is 1. The van der Waals surface area contributed by atoms with Gasteiger partial charge in [0.05, 0.1) is 7.11 Å². The minimum atomic E-state index is -0.110. The average Bonchev–Trinajstić information content (AvgIpc) is 2.71. The number of carbonyl (C=O) groups is 1. The molecule has 140 valence electrons. The van der Waals surface area contributed by atoms with Crippen molar-refractivity contribution in [2.45, 2.75) is 25.8 Å². The molecule has 0 heterocycles. The third-order valence-electron chi connectivity index (χ3n) is 4.51. The van der Waals surface area contributed by atoms with Crippen molar-refractivity contribution in [1.29, 1.82) is 0 Å². The standard InChI is InChI=1S/C23H25NO3/c1-17(8-9-18-6-4-3-5-7-18)24-23(25)16-27-22-13-11-19-10-12-21(26-2)14-20(19)15-22/h3-7,10-15,17H,8-9,16H2,1-2H3,(H,24,25)/t17-/m0/s1. The molecule has 27 heavy (non-hydrogen) atoms. The Labute approximate surface area is 160 Å². The third-order valence-corrected chi connectivity index (χ3v) is 4.51. The van der Waals surface area contributed by atoms with Gasteiger partial charge in [0.25, 0.3) is 5.91 Å². The lowest BCUT2D eigenvalue weighted by atomic mass is 10.1. The zero-order valence-corrected chi connectivity index (χ0v) is 15.8. The molecule has 4 heteroatoms. The van der Waals surface area contributed by atoms with Gasteiger partial charge in [-0.25, -0.2) is 0 Å². The highest BCUT2D eigenvalue weighted by Gasteiger charge is 2.09. The molecule has 3 aromatic rings. The third kappa shape index (κ3) is 5.48. The molecule has 0 spiro atoms. The summed E-state index contributed by atoms with van der Waals surface area (Å²) in [6.45, 7) is 2.02. The van der Waals surface area contributed by atoms with Crippen LogP contribution in [-0.4, -0.2) is 25.7 Å². The smallest absolute Gasteiger partial charge is 0.258 e. The van der Waals surface area contributed by atoms with Crippen molar-refractivity contribution in [2.24, 2.45) is 0 Å². The molecule has 0 aliphatic carbocycles. The fourth-order valence-corrected chi connectivity index (χ4v) is 2.99. The van der Waals surface area contributed by atoms with E-state index in [4.69, 9.17) is 9.47 Å². The van der Waals surface area contributed by atoms with Crippen molar-refractivity contribution in [3.63, 3.8) is 0 Å². The molecule has 3 aromatic carbocycles. The largest absolute Gasteiger partial charge is 0.497 e. The highest BCUT2D eigenvalue weighted by molar-refractivity contribution is 5.85. The van der Waals surface area contributed by atoms with E-state index in [9.17, 15) is 4.79 Å². The van der Waals surface area contributed by atoms with Gasteiger partial charge >= 0.3 is 0 Å². The van der Waals surface area contributed by atoms with E-state index in [0.29, 0.717) is 5.75 Å². The predicted octanol–water partition coefficient (Wildman–Crippen LogP) is 4.36. The van der Waals surface area contributed by atoms with Crippen LogP contribution in [0, 0.1) is 0 Å². The molecule has 1 atom stereocenters. The maximum atomic E-state index is 12.1. The fourth-order valence-electron chi connectivity index (χ4n) is 2.99. The second kappa shape index (κ2) is 9.08. The molecular formula is C23H25NO3. The Morgan fingerprint density at radius 1 is 0.963 bits per heavy atom. The van der Waals surface area contributed by atoms with Crippen molar-refractivity contribution in [3.8, 4) is 11.5 Å². The van der Waals surface area contributed by atoms with E-state index in [1.54, 1.807) is 7.11 Å². The maximum Gasteiger partial charge on any atom is 0.258 e. The lowest BCUT2D eigenvalue weighted by molar-refractivity contribution is -0.123. The average molecular weight is 363 g/mol. The topological polar surface area (TPSA) is 47.6 Å². The Kier molecular flexibility index (Phi) is 6.31. The number of rotatable bonds is 8. The summed E-state index contributed by atoms with van der Waals surface area (Å²) >= 11 is 0. The minimum Gasteiger partial charge on any atom is -0.497 e. The van der Waals surface area contributed by atoms with Crippen LogP contribution in [0.4, 0.5) is 0 Å². The molecule has 0 aliphatic rings. The first-order valence-electron chi connectivity index (χ1n) is 9.18. The van der Waals surface area contributed by atoms with Crippen molar-refractivity contribution in [2.75, 3.05) is 13.7 Å². The molecule has 0 aromatic heterocycles. The van der Waals surface area contributed by atoms with Crippen LogP contribution in [0.5, 0.6) is 11.5 Å². The SMILES string of the molecule is COc1ccc2ccc(OCC(=O)N[C@@H](C)CCc3ccccc3)cc2c1. The Morgan fingerprint density at radius 3 is 2.41 bits per heavy atom. The molecule has 0 aliphatic heterocycles. The number of carbonyl (C=O) groups excluding carboxylic acids is 1. The van der Waals surface area contributed by atoms with Gasteiger partial charge < -0.3 is 14.8 Å². The van der Waals surface area contributed by atoms with Gasteiger partial charge in [-0.05, 0) is 60.4 Å². The monoisotopic (exact) mass is 363 g/mol. The summed E-state index contributed by atoms with van der Waals surface area (Å²) in [5.74, 6) is 1.36. The van der Waals surface area contributed by atoms with Gasteiger partial charge in [0.15, 0.2) is 6.61 Å². The van der Waals surface area contributed by atoms with Crippen LogP contribution in [0.25, 0.3) is 10.8 Å². The molecule has 0 saturated heterocycles. The minimum absolute atomic E-state index is 0.00511. The van der Waals surface area contributed by atoms with Gasteiger partial charge in [-0.2, -0.15) is 0 Å². The normalized spacial score (nSPS) is 11.8. The zero-order valence-electron chi connectivity index (χ0n) is 15.8. The Morgan fingerprint density at radius 2 is 1.67 bits per heavy atom. The summed E-state index contributed by atoms with van der Waals surface area (Å²) in [5, 5.41) is 5.11. The molecule has 0 bridgehead atoms. The summed E-state index contributed by atoms with van der Waals surface area (Å²) in [4.78, 5) is 12.1. The summed E-state index contributed by atoms with van der Waals surface area (Å²) in [5.41, 5.74) is 1.28. The van der Waals surface area contributed by atoms with Crippen LogP contribution in [0.15, 0.2) is 66.7 Å². The molecule has 0 radical (unpaired) electrons. The van der Waals surface area contributed by atoms with Crippen molar-refractivity contribution in [3.05, 3.63) is 72.3 Å². The van der Waals surface area contributed by atoms with Gasteiger partial charge in [0, 0.05) is 6.04 Å². The van der Waals surface area contributed by atoms with Gasteiger partial charge in [-0.3, -0.25) is 4.79 Å². The van der Waals surface area contributed by atoms with Crippen LogP contribution in [0.3, 0.4) is 0 Å². The second-order valence-electron chi connectivity index (χ2n) is 6.66. The van der Waals surface area contributed by atoms with E-state index in [1.807, 2.05) is 61.5 Å². The number of ether oxygens (including phenoxy) is 2. The lowest BCUT2D eigenvalue weighted by Gasteiger charge is -2.14. The number of hydrogen-bond acceptors (Lipinski definition) is 3. The maximum absolute atomic E-state index is 12.1. The van der Waals surface area contributed by atoms with Gasteiger partial charge in [-0.15, -0.1) is 0 Å². The number of amides is 1. The molecule has 0 fully saturated rings. The number of nitrogens with one attached hydrogen (secondary N) is 1. The molecule has 3 rings (SSSR count). The Balaban J connectivity index is 1.48. The van der Waals surface area contributed by atoms with Gasteiger partial charge in [-0.1, -0.05) is 42.5 Å². The van der Waals surface area contributed by atoms with Crippen molar-refractivity contribution < 1.29 is 14.3 Å². The molecule has 0 saturated carbocycles. The first-order chi connectivity index (χ1) is 13.1. The molecule has 1 amide bonds. The first-order valence-corrected chi connectivity index (χ1v) is 9.18. The Bertz CT molecular complexity index is 893. The first kappa shape index (κ1) is 18.8. The highest BCUT2D eigenvalue weighted by Crippen LogP contribution is 2.24. The lowest BCUT2D eigenvalue weighted by Crippen LogP contribution is -2.36. The summed E-state index contributed by atoms with van der Waals surface area (Å²) < 4.78 is 10.9. The number of aryl methyl sites for hydroxylation is 1. The van der Waals surface area contributed by atoms with E-state index in [2.05, 4.69) is 17.4 Å². The zero-order chi connectivity index (χ0) is 19.1. The highest BCUT2D eigenvalue weighted by atomic mass is 16.5. The van der Waals surface area contributed by atoms with Crippen LogP contribution in [-0.2, 0) is 11.2 Å². The second-order valence-corrected chi connectivity index (χ2v) is 6.66. The fraction of sp³-hybridized carbons (Fsp3) is 0.261. The van der Waals surface area contributed by atoms with Crippen molar-refractivity contribution in [1.82, 2.24) is 5.32 Å².